The van der Waals surface area contributed by atoms with Crippen LogP contribution in [0.4, 0.5) is 0 Å². The Hall–Kier alpha value is -2.43. The maximum absolute atomic E-state index is 10.2. The Morgan fingerprint density at radius 1 is 1.09 bits per heavy atom. The topological polar surface area (TPSA) is 60.9 Å². The van der Waals surface area contributed by atoms with Gasteiger partial charge in [0.1, 0.15) is 0 Å². The maximum atomic E-state index is 10.2. The second-order valence-electron chi connectivity index (χ2n) is 5.69. The Bertz CT molecular complexity index is 735. The minimum Gasteiger partial charge on any atom is -0.387 e. The fourth-order valence-corrected chi connectivity index (χ4v) is 2.55. The van der Waals surface area contributed by atoms with Crippen LogP contribution in [0, 0.1) is 6.92 Å². The van der Waals surface area contributed by atoms with Gasteiger partial charge in [0.2, 0.25) is 0 Å². The first kappa shape index (κ1) is 15.5. The van der Waals surface area contributed by atoms with Crippen LogP contribution in [0.2, 0.25) is 0 Å². The molecule has 3 rings (SSSR count). The van der Waals surface area contributed by atoms with E-state index in [4.69, 9.17) is 0 Å². The Balaban J connectivity index is 1.59. The maximum Gasteiger partial charge on any atom is 0.0914 e. The summed E-state index contributed by atoms with van der Waals surface area (Å²) in [4.78, 5) is 0. The third kappa shape index (κ3) is 3.86. The van der Waals surface area contributed by atoms with Crippen LogP contribution in [0.5, 0.6) is 0 Å². The average molecular weight is 307 g/mol. The summed E-state index contributed by atoms with van der Waals surface area (Å²) in [5, 5.41) is 20.7. The number of benzene rings is 2. The minimum absolute atomic E-state index is 0.502. The van der Waals surface area contributed by atoms with Gasteiger partial charge < -0.3 is 10.4 Å². The number of H-pyrrole nitrogens is 1. The molecule has 1 aromatic heterocycles. The van der Waals surface area contributed by atoms with Gasteiger partial charge in [0.15, 0.2) is 0 Å². The van der Waals surface area contributed by atoms with Crippen molar-refractivity contribution < 1.29 is 5.11 Å². The van der Waals surface area contributed by atoms with Crippen LogP contribution in [0.25, 0.3) is 11.3 Å². The van der Waals surface area contributed by atoms with Crippen LogP contribution >= 0.6 is 0 Å². The van der Waals surface area contributed by atoms with Gasteiger partial charge in [-0.05, 0) is 18.1 Å². The summed E-state index contributed by atoms with van der Waals surface area (Å²) < 4.78 is 0. The Kier molecular flexibility index (Phi) is 4.86. The number of aromatic amines is 1. The van der Waals surface area contributed by atoms with Gasteiger partial charge in [-0.25, -0.2) is 0 Å². The van der Waals surface area contributed by atoms with Crippen molar-refractivity contribution in [1.29, 1.82) is 0 Å². The van der Waals surface area contributed by atoms with Crippen molar-refractivity contribution in [2.45, 2.75) is 19.6 Å². The first-order chi connectivity index (χ1) is 11.2. The molecule has 0 radical (unpaired) electrons. The molecule has 1 atom stereocenters. The summed E-state index contributed by atoms with van der Waals surface area (Å²) in [5.41, 5.74) is 5.34. The van der Waals surface area contributed by atoms with Crippen LogP contribution in [0.15, 0.2) is 60.8 Å². The second kappa shape index (κ2) is 7.22. The molecule has 4 nitrogen and oxygen atoms in total. The van der Waals surface area contributed by atoms with Crippen molar-refractivity contribution in [3.8, 4) is 11.3 Å². The van der Waals surface area contributed by atoms with Gasteiger partial charge in [0.05, 0.1) is 18.0 Å². The highest BCUT2D eigenvalue weighted by atomic mass is 16.3. The first-order valence-corrected chi connectivity index (χ1v) is 7.77. The van der Waals surface area contributed by atoms with Gasteiger partial charge in [-0.1, -0.05) is 60.2 Å². The van der Waals surface area contributed by atoms with Crippen molar-refractivity contribution >= 4 is 0 Å². The van der Waals surface area contributed by atoms with E-state index in [9.17, 15) is 5.11 Å². The molecule has 1 unspecified atom stereocenters. The SMILES string of the molecule is Cc1ccc(C(O)CNCc2cn[nH]c2-c2ccccc2)cc1. The van der Waals surface area contributed by atoms with E-state index in [1.165, 1.54) is 5.56 Å². The molecule has 2 aromatic carbocycles. The lowest BCUT2D eigenvalue weighted by Gasteiger charge is -2.12. The van der Waals surface area contributed by atoms with Crippen LogP contribution in [-0.4, -0.2) is 21.8 Å². The highest BCUT2D eigenvalue weighted by molar-refractivity contribution is 5.62. The molecule has 0 saturated heterocycles. The number of aromatic nitrogens is 2. The number of aliphatic hydroxyl groups is 1. The number of aliphatic hydroxyl groups excluding tert-OH is 1. The number of nitrogens with zero attached hydrogens (tertiary/aromatic N) is 1. The van der Waals surface area contributed by atoms with Gasteiger partial charge >= 0.3 is 0 Å². The molecule has 0 spiro atoms. The quantitative estimate of drug-likeness (QED) is 0.655. The highest BCUT2D eigenvalue weighted by Crippen LogP contribution is 2.20. The molecule has 4 heteroatoms. The standard InChI is InChI=1S/C19H21N3O/c1-14-7-9-15(10-8-14)18(23)13-20-11-17-12-21-22-19(17)16-5-3-2-4-6-16/h2-10,12,18,20,23H,11,13H2,1H3,(H,21,22). The van der Waals surface area contributed by atoms with Crippen LogP contribution in [-0.2, 0) is 6.54 Å². The summed E-state index contributed by atoms with van der Waals surface area (Å²) in [6.45, 7) is 3.20. The van der Waals surface area contributed by atoms with E-state index in [1.807, 2.05) is 55.6 Å². The van der Waals surface area contributed by atoms with E-state index in [0.717, 1.165) is 22.4 Å². The van der Waals surface area contributed by atoms with Crippen LogP contribution in [0.3, 0.4) is 0 Å². The zero-order valence-electron chi connectivity index (χ0n) is 13.2. The fraction of sp³-hybridized carbons (Fsp3) is 0.211. The fourth-order valence-electron chi connectivity index (χ4n) is 2.55. The molecule has 1 heterocycles. The average Bonchev–Trinajstić information content (AvgIpc) is 3.05. The van der Waals surface area contributed by atoms with E-state index >= 15 is 0 Å². The third-order valence-corrected chi connectivity index (χ3v) is 3.90. The largest absolute Gasteiger partial charge is 0.387 e. The Morgan fingerprint density at radius 3 is 2.57 bits per heavy atom. The van der Waals surface area contributed by atoms with E-state index in [0.29, 0.717) is 13.1 Å². The number of rotatable bonds is 6. The summed E-state index contributed by atoms with van der Waals surface area (Å²) >= 11 is 0. The lowest BCUT2D eigenvalue weighted by Crippen LogP contribution is -2.21. The monoisotopic (exact) mass is 307 g/mol. The van der Waals surface area contributed by atoms with Crippen molar-refractivity contribution in [3.63, 3.8) is 0 Å². The Morgan fingerprint density at radius 2 is 1.83 bits per heavy atom. The molecule has 3 N–H and O–H groups in total. The van der Waals surface area contributed by atoms with Gasteiger partial charge in [0, 0.05) is 18.7 Å². The molecule has 3 aromatic rings. The molecule has 0 aliphatic rings. The summed E-state index contributed by atoms with van der Waals surface area (Å²) in [6, 6.07) is 18.1. The third-order valence-electron chi connectivity index (χ3n) is 3.90. The van der Waals surface area contributed by atoms with Gasteiger partial charge in [-0.2, -0.15) is 5.10 Å². The predicted octanol–water partition coefficient (Wildman–Crippen LogP) is 3.21. The molecule has 0 aliphatic carbocycles. The molecular weight excluding hydrogens is 286 g/mol. The molecular formula is C19H21N3O. The smallest absolute Gasteiger partial charge is 0.0914 e. The molecule has 118 valence electrons. The predicted molar refractivity (Wildman–Crippen MR) is 91.9 cm³/mol. The highest BCUT2D eigenvalue weighted by Gasteiger charge is 2.10. The van der Waals surface area contributed by atoms with Gasteiger partial charge in [0.25, 0.3) is 0 Å². The number of aryl methyl sites for hydroxylation is 1. The molecule has 0 saturated carbocycles. The van der Waals surface area contributed by atoms with Crippen LogP contribution in [0.1, 0.15) is 22.8 Å². The zero-order chi connectivity index (χ0) is 16.1. The van der Waals surface area contributed by atoms with Crippen molar-refractivity contribution in [3.05, 3.63) is 77.5 Å². The number of nitrogens with one attached hydrogen (secondary N) is 2. The molecule has 0 amide bonds. The minimum atomic E-state index is -0.511. The summed E-state index contributed by atoms with van der Waals surface area (Å²) in [5.74, 6) is 0. The molecule has 0 fully saturated rings. The number of hydrogen-bond acceptors (Lipinski definition) is 3. The second-order valence-corrected chi connectivity index (χ2v) is 5.69. The molecule has 23 heavy (non-hydrogen) atoms. The number of hydrogen-bond donors (Lipinski definition) is 3. The van der Waals surface area contributed by atoms with E-state index in [1.54, 1.807) is 0 Å². The summed E-state index contributed by atoms with van der Waals surface area (Å²) in [7, 11) is 0. The van der Waals surface area contributed by atoms with Crippen molar-refractivity contribution in [1.82, 2.24) is 15.5 Å². The van der Waals surface area contributed by atoms with E-state index < -0.39 is 6.10 Å². The van der Waals surface area contributed by atoms with E-state index in [-0.39, 0.29) is 0 Å². The normalized spacial score (nSPS) is 12.3. The lowest BCUT2D eigenvalue weighted by molar-refractivity contribution is 0.174. The van der Waals surface area contributed by atoms with Crippen molar-refractivity contribution in [2.24, 2.45) is 0 Å². The zero-order valence-corrected chi connectivity index (χ0v) is 13.2. The van der Waals surface area contributed by atoms with Gasteiger partial charge in [-0.3, -0.25) is 5.10 Å². The van der Waals surface area contributed by atoms with Crippen LogP contribution < -0.4 is 5.32 Å². The van der Waals surface area contributed by atoms with Crippen molar-refractivity contribution in [2.75, 3.05) is 6.54 Å². The first-order valence-electron chi connectivity index (χ1n) is 7.77. The summed E-state index contributed by atoms with van der Waals surface area (Å²) in [6.07, 6.45) is 1.32. The Labute approximate surface area is 136 Å². The molecule has 0 bridgehead atoms. The van der Waals surface area contributed by atoms with E-state index in [2.05, 4.69) is 27.6 Å². The molecule has 0 aliphatic heterocycles. The lowest BCUT2D eigenvalue weighted by atomic mass is 10.1. The van der Waals surface area contributed by atoms with Gasteiger partial charge in [-0.15, -0.1) is 0 Å².